The molecular formula is C8H17N3. The summed E-state index contributed by atoms with van der Waals surface area (Å²) in [6.07, 6.45) is 0. The summed E-state index contributed by atoms with van der Waals surface area (Å²) < 4.78 is 0. The van der Waals surface area contributed by atoms with Gasteiger partial charge in [0.1, 0.15) is 0 Å². The van der Waals surface area contributed by atoms with Gasteiger partial charge in [0.2, 0.25) is 0 Å². The minimum absolute atomic E-state index is 1.000. The smallest absolute Gasteiger partial charge is 0.196 e. The maximum Gasteiger partial charge on any atom is 0.196 e. The highest BCUT2D eigenvalue weighted by Crippen LogP contribution is 2.10. The molecule has 1 saturated heterocycles. The van der Waals surface area contributed by atoms with Crippen molar-refractivity contribution < 1.29 is 0 Å². The Balaban J connectivity index is 0.000000281. The lowest BCUT2D eigenvalue weighted by Gasteiger charge is -2.11. The molecule has 64 valence electrons. The molecule has 0 atom stereocenters. The number of rotatable bonds is 0. The van der Waals surface area contributed by atoms with Crippen molar-refractivity contribution in [3.63, 3.8) is 0 Å². The molecule has 0 amide bonds. The first kappa shape index (κ1) is 8.37. The van der Waals surface area contributed by atoms with Crippen LogP contribution in [0.5, 0.6) is 0 Å². The Labute approximate surface area is 68.7 Å². The lowest BCUT2D eigenvalue weighted by atomic mass is 10.5. The van der Waals surface area contributed by atoms with Gasteiger partial charge in [-0.05, 0) is 0 Å². The molecule has 0 aromatic rings. The quantitative estimate of drug-likeness (QED) is 0.511. The average molecular weight is 155 g/mol. The number of fused-ring (bicyclic) bond motifs is 1. The Kier molecular flexibility index (Phi) is 2.74. The Morgan fingerprint density at radius 2 is 1.91 bits per heavy atom. The molecule has 0 radical (unpaired) electrons. The van der Waals surface area contributed by atoms with Crippen molar-refractivity contribution in [3.05, 3.63) is 0 Å². The van der Waals surface area contributed by atoms with Crippen molar-refractivity contribution in [2.45, 2.75) is 13.8 Å². The summed E-state index contributed by atoms with van der Waals surface area (Å²) in [7, 11) is 2.10. The van der Waals surface area contributed by atoms with Crippen LogP contribution >= 0.6 is 0 Å². The first-order chi connectivity index (χ1) is 5.38. The molecule has 3 nitrogen and oxygen atoms in total. The third-order valence-electron chi connectivity index (χ3n) is 1.95. The first-order valence-corrected chi connectivity index (χ1v) is 4.38. The van der Waals surface area contributed by atoms with Crippen LogP contribution in [0.3, 0.4) is 0 Å². The van der Waals surface area contributed by atoms with Gasteiger partial charge < -0.3 is 9.80 Å². The maximum atomic E-state index is 4.35. The fourth-order valence-electron chi connectivity index (χ4n) is 1.42. The molecule has 3 heteroatoms. The van der Waals surface area contributed by atoms with E-state index in [0.29, 0.717) is 0 Å². The van der Waals surface area contributed by atoms with Gasteiger partial charge in [-0.15, -0.1) is 0 Å². The molecule has 11 heavy (non-hydrogen) atoms. The van der Waals surface area contributed by atoms with Gasteiger partial charge >= 0.3 is 0 Å². The van der Waals surface area contributed by atoms with Gasteiger partial charge in [0, 0.05) is 26.7 Å². The lowest BCUT2D eigenvalue weighted by Crippen LogP contribution is -2.26. The van der Waals surface area contributed by atoms with Crippen LogP contribution < -0.4 is 0 Å². The Morgan fingerprint density at radius 3 is 2.55 bits per heavy atom. The van der Waals surface area contributed by atoms with Crippen LogP contribution in [-0.4, -0.2) is 49.0 Å². The van der Waals surface area contributed by atoms with Crippen LogP contribution in [0.1, 0.15) is 13.8 Å². The van der Waals surface area contributed by atoms with E-state index < -0.39 is 0 Å². The first-order valence-electron chi connectivity index (χ1n) is 4.38. The molecule has 0 aliphatic carbocycles. The van der Waals surface area contributed by atoms with Gasteiger partial charge in [0.25, 0.3) is 0 Å². The van der Waals surface area contributed by atoms with Gasteiger partial charge in [-0.25, -0.2) is 0 Å². The zero-order valence-electron chi connectivity index (χ0n) is 7.67. The SMILES string of the molecule is CC.CN1CCN2CCN=C12. The summed E-state index contributed by atoms with van der Waals surface area (Å²) in [5.41, 5.74) is 0. The second-order valence-electron chi connectivity index (χ2n) is 2.59. The van der Waals surface area contributed by atoms with E-state index in [1.807, 2.05) is 13.8 Å². The highest BCUT2D eigenvalue weighted by Gasteiger charge is 2.25. The van der Waals surface area contributed by atoms with Gasteiger partial charge in [-0.3, -0.25) is 4.99 Å². The summed E-state index contributed by atoms with van der Waals surface area (Å²) >= 11 is 0. The molecule has 0 aromatic carbocycles. The molecule has 2 aliphatic rings. The molecule has 2 aliphatic heterocycles. The molecule has 0 unspecified atom stereocenters. The van der Waals surface area contributed by atoms with Crippen molar-refractivity contribution in [2.75, 3.05) is 33.2 Å². The fourth-order valence-corrected chi connectivity index (χ4v) is 1.42. The Bertz CT molecular complexity index is 153. The predicted molar refractivity (Wildman–Crippen MR) is 47.9 cm³/mol. The van der Waals surface area contributed by atoms with E-state index >= 15 is 0 Å². The highest BCUT2D eigenvalue weighted by atomic mass is 15.4. The Hall–Kier alpha value is -0.730. The predicted octanol–water partition coefficient (Wildman–Crippen LogP) is 0.630. The Morgan fingerprint density at radius 1 is 1.18 bits per heavy atom. The monoisotopic (exact) mass is 155 g/mol. The molecule has 0 aromatic heterocycles. The maximum absolute atomic E-state index is 4.35. The zero-order valence-corrected chi connectivity index (χ0v) is 7.67. The van der Waals surface area contributed by atoms with Gasteiger partial charge in [0.05, 0.1) is 6.54 Å². The summed E-state index contributed by atoms with van der Waals surface area (Å²) in [6, 6.07) is 0. The topological polar surface area (TPSA) is 18.8 Å². The third kappa shape index (κ3) is 1.47. The minimum atomic E-state index is 1.000. The molecule has 1 fully saturated rings. The van der Waals surface area contributed by atoms with Crippen LogP contribution in [0.2, 0.25) is 0 Å². The highest BCUT2D eigenvalue weighted by molar-refractivity contribution is 5.83. The van der Waals surface area contributed by atoms with E-state index in [9.17, 15) is 0 Å². The number of likely N-dealkylation sites (N-methyl/N-ethyl adjacent to an activating group) is 1. The van der Waals surface area contributed by atoms with E-state index in [1.165, 1.54) is 12.5 Å². The second kappa shape index (κ2) is 3.60. The summed E-state index contributed by atoms with van der Waals surface area (Å²) in [6.45, 7) is 8.47. The van der Waals surface area contributed by atoms with E-state index in [-0.39, 0.29) is 0 Å². The van der Waals surface area contributed by atoms with Crippen molar-refractivity contribution in [1.82, 2.24) is 9.80 Å². The minimum Gasteiger partial charge on any atom is -0.344 e. The van der Waals surface area contributed by atoms with Crippen molar-refractivity contribution >= 4 is 5.96 Å². The number of guanidine groups is 1. The number of aliphatic imine (C=N–C) groups is 1. The summed E-state index contributed by atoms with van der Waals surface area (Å²) in [5, 5.41) is 0. The molecule has 2 heterocycles. The van der Waals surface area contributed by atoms with Crippen LogP contribution in [0, 0.1) is 0 Å². The van der Waals surface area contributed by atoms with E-state index in [4.69, 9.17) is 0 Å². The van der Waals surface area contributed by atoms with Crippen molar-refractivity contribution in [3.8, 4) is 0 Å². The number of hydrogen-bond acceptors (Lipinski definition) is 3. The number of hydrogen-bond donors (Lipinski definition) is 0. The molecular weight excluding hydrogens is 138 g/mol. The van der Waals surface area contributed by atoms with Crippen LogP contribution in [-0.2, 0) is 0 Å². The summed E-state index contributed by atoms with van der Waals surface area (Å²) in [5.74, 6) is 1.20. The van der Waals surface area contributed by atoms with Crippen molar-refractivity contribution in [1.29, 1.82) is 0 Å². The van der Waals surface area contributed by atoms with Crippen LogP contribution in [0.25, 0.3) is 0 Å². The van der Waals surface area contributed by atoms with E-state index in [2.05, 4.69) is 21.8 Å². The number of nitrogens with zero attached hydrogens (tertiary/aromatic N) is 3. The third-order valence-corrected chi connectivity index (χ3v) is 1.95. The summed E-state index contributed by atoms with van der Waals surface area (Å²) in [4.78, 5) is 8.90. The second-order valence-corrected chi connectivity index (χ2v) is 2.59. The van der Waals surface area contributed by atoms with Crippen LogP contribution in [0.4, 0.5) is 0 Å². The molecule has 0 bridgehead atoms. The van der Waals surface area contributed by atoms with E-state index in [0.717, 1.165) is 19.6 Å². The van der Waals surface area contributed by atoms with Gasteiger partial charge in [-0.2, -0.15) is 0 Å². The fraction of sp³-hybridized carbons (Fsp3) is 0.875. The van der Waals surface area contributed by atoms with E-state index in [1.54, 1.807) is 0 Å². The molecule has 2 rings (SSSR count). The molecule has 0 spiro atoms. The average Bonchev–Trinajstić information content (AvgIpc) is 2.60. The van der Waals surface area contributed by atoms with Crippen LogP contribution in [0.15, 0.2) is 4.99 Å². The largest absolute Gasteiger partial charge is 0.344 e. The standard InChI is InChI=1S/C6H11N3.C2H6/c1-8-4-5-9-3-2-7-6(8)9;1-2/h2-5H2,1H3;1-2H3. The molecule has 0 saturated carbocycles. The zero-order chi connectivity index (χ0) is 8.27. The lowest BCUT2D eigenvalue weighted by molar-refractivity contribution is 0.498. The normalized spacial score (nSPS) is 20.8. The van der Waals surface area contributed by atoms with Gasteiger partial charge in [0.15, 0.2) is 5.96 Å². The van der Waals surface area contributed by atoms with Crippen molar-refractivity contribution in [2.24, 2.45) is 4.99 Å². The molecule has 0 N–H and O–H groups in total. The van der Waals surface area contributed by atoms with Gasteiger partial charge in [-0.1, -0.05) is 13.8 Å².